The maximum Gasteiger partial charge on any atom is 0.235 e. The zero-order valence-electron chi connectivity index (χ0n) is 77.7. The van der Waals surface area contributed by atoms with E-state index in [1.165, 1.54) is 209 Å². The minimum Gasteiger partial charge on any atom is -0.456 e. The number of hydrogen-bond donors (Lipinski definition) is 0. The molecule has 20 aromatic carbocycles. The molecular formula is C131H86N6O3. The molecule has 4 aliphatic carbocycles. The van der Waals surface area contributed by atoms with E-state index >= 15 is 0 Å². The number of hydrogen-bond acceptors (Lipinski definition) is 5. The molecule has 0 fully saturated rings. The van der Waals surface area contributed by atoms with Gasteiger partial charge in [-0.2, -0.15) is 0 Å². The first-order valence-electron chi connectivity index (χ1n) is 48.6. The highest BCUT2D eigenvalue weighted by Gasteiger charge is 2.44. The average molecular weight is 1790 g/mol. The van der Waals surface area contributed by atoms with Crippen LogP contribution in [0.25, 0.3) is 265 Å². The maximum atomic E-state index is 6.62. The standard InChI is InChI=1S/C45H30N2O.C43H29N3O.C43H27NO/c1-45(2)36-22-21-32-31-16-8-11-19-42(31)48-44(32)43(36)35-25-34-30-15-7-10-18-39(30)47(41(34)26-37(35)45)28-20-23-40-33(24-28)29-14-6-9-17-38(29)46(40)27-12-4-3-5-13-27;1-43(2)33-22-21-30-29-18-10-12-20-39(29)47-41(30)40(33)32-23-31-28-17-9-11-19-37(28)46(38(31)24-34(32)43)42-44-35(26-13-5-3-6-14-26)25-36(45-42)27-15-7-4-8-16-27;1-43(2)35-22-34-26-12-5-7-16-36(26)44(37-21-20-29-25-11-4-3-10-24(25)28-14-9-15-32(37)40(28)29)38(34)23-33(35)30-18-19-31-27-13-6-8-17-39(27)45-42(31)41(30)43/h3-26H,1-2H3;3-25H,1-2H3;3-23H,1-2H3. The van der Waals surface area contributed by atoms with Crippen LogP contribution >= 0.6 is 0 Å². The summed E-state index contributed by atoms with van der Waals surface area (Å²) in [5.41, 5.74) is 42.8. The fourth-order valence-electron chi connectivity index (χ4n) is 25.2. The molecule has 9 nitrogen and oxygen atoms in total. The number of rotatable bonds is 6. The molecule has 0 amide bonds. The van der Waals surface area contributed by atoms with Gasteiger partial charge in [-0.15, -0.1) is 0 Å². The molecule has 0 saturated heterocycles. The van der Waals surface area contributed by atoms with Crippen LogP contribution in [0, 0.1) is 0 Å². The normalized spacial score (nSPS) is 13.8. The molecule has 0 atom stereocenters. The molecular weight excluding hydrogens is 1710 g/mol. The van der Waals surface area contributed by atoms with Gasteiger partial charge in [0, 0.05) is 136 Å². The minimum atomic E-state index is -0.227. The van der Waals surface area contributed by atoms with Crippen LogP contribution in [0.15, 0.2) is 426 Å². The van der Waals surface area contributed by atoms with Crippen molar-refractivity contribution >= 4 is 164 Å². The quantitative estimate of drug-likeness (QED) is 0.166. The number of aromatic nitrogens is 6. The topological polar surface area (TPSA) is 84.9 Å². The van der Waals surface area contributed by atoms with Crippen LogP contribution in [0.4, 0.5) is 0 Å². The van der Waals surface area contributed by atoms with Gasteiger partial charge >= 0.3 is 0 Å². The van der Waals surface area contributed by atoms with Gasteiger partial charge in [0.2, 0.25) is 5.95 Å². The van der Waals surface area contributed by atoms with Gasteiger partial charge in [0.1, 0.15) is 33.5 Å². The van der Waals surface area contributed by atoms with Crippen LogP contribution < -0.4 is 0 Å². The molecule has 9 heteroatoms. The molecule has 0 bridgehead atoms. The third-order valence-electron chi connectivity index (χ3n) is 31.6. The largest absolute Gasteiger partial charge is 0.456 e. The molecule has 0 unspecified atom stereocenters. The van der Waals surface area contributed by atoms with Gasteiger partial charge in [-0.05, 0) is 205 Å². The number of furan rings is 3. The van der Waals surface area contributed by atoms with E-state index in [4.69, 9.17) is 23.2 Å². The fraction of sp³-hybridized carbons (Fsp3) is 0.0687. The Labute approximate surface area is 804 Å². The van der Waals surface area contributed by atoms with Crippen LogP contribution in [-0.2, 0) is 16.2 Å². The van der Waals surface area contributed by atoms with Crippen LogP contribution in [-0.4, -0.2) is 28.2 Å². The second-order valence-electron chi connectivity index (χ2n) is 40.0. The van der Waals surface area contributed by atoms with E-state index in [1.807, 2.05) is 18.2 Å². The van der Waals surface area contributed by atoms with Crippen molar-refractivity contribution in [3.8, 4) is 101 Å². The Bertz CT molecular complexity index is 10200. The van der Waals surface area contributed by atoms with E-state index in [-0.39, 0.29) is 16.2 Å². The lowest BCUT2D eigenvalue weighted by Gasteiger charge is -2.21. The fourth-order valence-corrected chi connectivity index (χ4v) is 25.2. The van der Waals surface area contributed by atoms with Gasteiger partial charge in [0.05, 0.1) is 61.2 Å². The number of nitrogens with zero attached hydrogens (tertiary/aromatic N) is 6. The number of para-hydroxylation sites is 8. The highest BCUT2D eigenvalue weighted by Crippen LogP contribution is 2.60. The van der Waals surface area contributed by atoms with E-state index in [0.717, 1.165) is 83.5 Å². The first-order chi connectivity index (χ1) is 68.7. The maximum absolute atomic E-state index is 6.62. The van der Waals surface area contributed by atoms with Gasteiger partial charge in [0.15, 0.2) is 0 Å². The zero-order valence-corrected chi connectivity index (χ0v) is 77.7. The summed E-state index contributed by atoms with van der Waals surface area (Å²) in [6.07, 6.45) is 0. The lowest BCUT2D eigenvalue weighted by molar-refractivity contribution is 0.620. The van der Waals surface area contributed by atoms with Gasteiger partial charge < -0.3 is 27.0 Å². The smallest absolute Gasteiger partial charge is 0.235 e. The summed E-state index contributed by atoms with van der Waals surface area (Å²) in [6, 6.07) is 149. The summed E-state index contributed by atoms with van der Waals surface area (Å²) < 4.78 is 29.4. The monoisotopic (exact) mass is 1790 g/mol. The number of benzene rings is 20. The third kappa shape index (κ3) is 10.9. The molecule has 28 aromatic rings. The van der Waals surface area contributed by atoms with E-state index in [9.17, 15) is 0 Å². The highest BCUT2D eigenvalue weighted by molar-refractivity contribution is 6.23. The Hall–Kier alpha value is -17.7. The Morgan fingerprint density at radius 3 is 1.14 bits per heavy atom. The van der Waals surface area contributed by atoms with Crippen molar-refractivity contribution in [3.63, 3.8) is 0 Å². The van der Waals surface area contributed by atoms with Crippen molar-refractivity contribution in [2.24, 2.45) is 0 Å². The summed E-state index contributed by atoms with van der Waals surface area (Å²) >= 11 is 0. The summed E-state index contributed by atoms with van der Waals surface area (Å²) in [5.74, 6) is 0.657. The van der Waals surface area contributed by atoms with Crippen molar-refractivity contribution in [1.29, 1.82) is 0 Å². The molecule has 4 aliphatic rings. The molecule has 8 heterocycles. The van der Waals surface area contributed by atoms with Crippen LogP contribution in [0.2, 0.25) is 0 Å². The molecule has 0 spiro atoms. The molecule has 0 aliphatic heterocycles. The summed E-state index contributed by atoms with van der Waals surface area (Å²) in [7, 11) is 0. The Morgan fingerprint density at radius 1 is 0.207 bits per heavy atom. The predicted octanol–water partition coefficient (Wildman–Crippen LogP) is 35.0. The zero-order chi connectivity index (χ0) is 92.6. The first kappa shape index (κ1) is 78.6. The molecule has 0 saturated carbocycles. The molecule has 8 aromatic heterocycles. The van der Waals surface area contributed by atoms with Gasteiger partial charge in [-0.1, -0.05) is 327 Å². The second-order valence-corrected chi connectivity index (χ2v) is 40.0. The van der Waals surface area contributed by atoms with Crippen LogP contribution in [0.3, 0.4) is 0 Å². The molecule has 32 rings (SSSR count). The Morgan fingerprint density at radius 2 is 0.593 bits per heavy atom. The van der Waals surface area contributed by atoms with Gasteiger partial charge in [-0.25, -0.2) is 9.97 Å². The summed E-state index contributed by atoms with van der Waals surface area (Å²) in [4.78, 5) is 10.5. The molecule has 140 heavy (non-hydrogen) atoms. The van der Waals surface area contributed by atoms with Crippen molar-refractivity contribution in [2.75, 3.05) is 0 Å². The third-order valence-corrected chi connectivity index (χ3v) is 31.6. The van der Waals surface area contributed by atoms with Crippen LogP contribution in [0.5, 0.6) is 0 Å². The summed E-state index contributed by atoms with van der Waals surface area (Å²) in [6.45, 7) is 14.1. The molecule has 658 valence electrons. The lowest BCUT2D eigenvalue weighted by Crippen LogP contribution is -2.15. The van der Waals surface area contributed by atoms with Gasteiger partial charge in [0.25, 0.3) is 0 Å². The van der Waals surface area contributed by atoms with E-state index in [1.54, 1.807) is 0 Å². The summed E-state index contributed by atoms with van der Waals surface area (Å²) in [5, 5.41) is 19.6. The van der Waals surface area contributed by atoms with Crippen molar-refractivity contribution < 1.29 is 13.3 Å². The number of fused-ring (bicyclic) bond motifs is 36. The average Bonchev–Trinajstić information content (AvgIpc) is 1.54. The lowest BCUT2D eigenvalue weighted by atomic mass is 9.81. The first-order valence-corrected chi connectivity index (χ1v) is 48.6. The van der Waals surface area contributed by atoms with E-state index in [0.29, 0.717) is 5.95 Å². The molecule has 0 N–H and O–H groups in total. The Kier molecular flexibility index (Phi) is 16.1. The Balaban J connectivity index is 0.0000000988. The molecule has 0 radical (unpaired) electrons. The highest BCUT2D eigenvalue weighted by atomic mass is 16.3. The second kappa shape index (κ2) is 28.7. The SMILES string of the molecule is CC1(C)c2cc3c(cc2-c2c1ccc1c2oc2ccccc21)c1ccccc1n3-c1ccc2c(c1)c1ccccc1n2-c1ccccc1.CC1(C)c2cc3c(cc2-c2c1ccc1c2oc2ccccc21)c1ccccc1n3-c1nc(-c2ccccc2)cc(-c2ccccc2)n1.CC1(C)c2cc3c4ccccc4n(-c4ccc5c6c(cccc46)-c4ccccc4-5)c3cc2-c2ccc3c(oc4ccccc43)c21. The van der Waals surface area contributed by atoms with Crippen LogP contribution in [0.1, 0.15) is 74.9 Å². The van der Waals surface area contributed by atoms with Crippen molar-refractivity contribution in [3.05, 3.63) is 446 Å². The predicted molar refractivity (Wildman–Crippen MR) is 580 cm³/mol. The van der Waals surface area contributed by atoms with E-state index < -0.39 is 0 Å². The van der Waals surface area contributed by atoms with Crippen molar-refractivity contribution in [1.82, 2.24) is 28.2 Å². The minimum absolute atomic E-state index is 0.180. The van der Waals surface area contributed by atoms with E-state index in [2.05, 4.69) is 454 Å². The van der Waals surface area contributed by atoms with Gasteiger partial charge in [-0.3, -0.25) is 4.57 Å². The van der Waals surface area contributed by atoms with Crippen molar-refractivity contribution in [2.45, 2.75) is 57.8 Å².